The van der Waals surface area contributed by atoms with Gasteiger partial charge in [-0.25, -0.2) is 0 Å². The Morgan fingerprint density at radius 3 is 2.00 bits per heavy atom. The van der Waals surface area contributed by atoms with Gasteiger partial charge in [0.25, 0.3) is 5.91 Å². The number of ether oxygens (including phenoxy) is 2. The third-order valence-corrected chi connectivity index (χ3v) is 3.47. The van der Waals surface area contributed by atoms with Crippen LogP contribution in [0.1, 0.15) is 47.9 Å². The van der Waals surface area contributed by atoms with Gasteiger partial charge in [-0.15, -0.1) is 0 Å². The van der Waals surface area contributed by atoms with Crippen LogP contribution >= 0.6 is 0 Å². The Hall–Kier alpha value is -2.25. The van der Waals surface area contributed by atoms with Gasteiger partial charge in [-0.05, 0) is 17.5 Å². The minimum absolute atomic E-state index is 0.0207. The van der Waals surface area contributed by atoms with Crippen molar-refractivity contribution in [2.45, 2.75) is 27.2 Å². The third-order valence-electron chi connectivity index (χ3n) is 3.47. The maximum Gasteiger partial charge on any atom is 0.251 e. The van der Waals surface area contributed by atoms with E-state index >= 15 is 0 Å². The average molecular weight is 378 g/mol. The van der Waals surface area contributed by atoms with Gasteiger partial charge in [0.15, 0.2) is 0 Å². The molecular formula is C20H30N2O5. The number of hydrogen-bond acceptors (Lipinski definition) is 5. The first-order valence-electron chi connectivity index (χ1n) is 9.07. The molecule has 1 rings (SSSR count). The summed E-state index contributed by atoms with van der Waals surface area (Å²) in [5, 5.41) is 5.55. The molecule has 0 spiro atoms. The van der Waals surface area contributed by atoms with Crippen molar-refractivity contribution in [3.8, 4) is 0 Å². The van der Waals surface area contributed by atoms with Gasteiger partial charge in [-0.2, -0.15) is 0 Å². The largest absolute Gasteiger partial charge is 0.377 e. The lowest BCUT2D eigenvalue weighted by atomic mass is 9.92. The van der Waals surface area contributed by atoms with E-state index in [0.717, 1.165) is 6.29 Å². The second kappa shape index (κ2) is 12.2. The number of nitrogens with one attached hydrogen (secondary N) is 2. The molecule has 2 N–H and O–H groups in total. The van der Waals surface area contributed by atoms with Crippen LogP contribution in [0.15, 0.2) is 24.3 Å². The van der Waals surface area contributed by atoms with Crippen molar-refractivity contribution in [2.75, 3.05) is 39.5 Å². The summed E-state index contributed by atoms with van der Waals surface area (Å²) in [4.78, 5) is 34.1. The van der Waals surface area contributed by atoms with Crippen LogP contribution in [0, 0.1) is 5.41 Å². The molecule has 0 heterocycles. The van der Waals surface area contributed by atoms with Crippen LogP contribution in [-0.2, 0) is 14.3 Å². The SMILES string of the molecule is CC(C)(C)CC(=O)NCCOCCOCCNC(=O)c1ccc(C=O)cc1. The first kappa shape index (κ1) is 22.8. The van der Waals surface area contributed by atoms with E-state index in [9.17, 15) is 14.4 Å². The van der Waals surface area contributed by atoms with Crippen molar-refractivity contribution in [2.24, 2.45) is 5.41 Å². The summed E-state index contributed by atoms with van der Waals surface area (Å²) in [6, 6.07) is 6.41. The highest BCUT2D eigenvalue weighted by molar-refractivity contribution is 5.94. The van der Waals surface area contributed by atoms with Crippen molar-refractivity contribution in [3.63, 3.8) is 0 Å². The number of carbonyl (C=O) groups excluding carboxylic acids is 3. The molecule has 0 saturated carbocycles. The molecule has 1 aromatic rings. The van der Waals surface area contributed by atoms with Crippen LogP contribution in [-0.4, -0.2) is 57.6 Å². The second-order valence-electron chi connectivity index (χ2n) is 7.31. The van der Waals surface area contributed by atoms with Gasteiger partial charge in [0.05, 0.1) is 26.4 Å². The Bertz CT molecular complexity index is 593. The van der Waals surface area contributed by atoms with Crippen molar-refractivity contribution in [1.82, 2.24) is 10.6 Å². The number of amides is 2. The predicted molar refractivity (Wildman–Crippen MR) is 103 cm³/mol. The van der Waals surface area contributed by atoms with E-state index in [0.29, 0.717) is 57.1 Å². The number of aldehydes is 1. The minimum Gasteiger partial charge on any atom is -0.377 e. The molecule has 0 bridgehead atoms. The highest BCUT2D eigenvalue weighted by Crippen LogP contribution is 2.17. The molecule has 0 aliphatic rings. The monoisotopic (exact) mass is 378 g/mol. The molecule has 0 radical (unpaired) electrons. The van der Waals surface area contributed by atoms with Crippen molar-refractivity contribution >= 4 is 18.1 Å². The highest BCUT2D eigenvalue weighted by atomic mass is 16.5. The van der Waals surface area contributed by atoms with Gasteiger partial charge >= 0.3 is 0 Å². The summed E-state index contributed by atoms with van der Waals surface area (Å²) >= 11 is 0. The zero-order valence-electron chi connectivity index (χ0n) is 16.4. The van der Waals surface area contributed by atoms with Gasteiger partial charge in [0.1, 0.15) is 6.29 Å². The highest BCUT2D eigenvalue weighted by Gasteiger charge is 2.15. The van der Waals surface area contributed by atoms with Gasteiger partial charge in [-0.1, -0.05) is 32.9 Å². The first-order chi connectivity index (χ1) is 12.8. The molecule has 2 amide bonds. The lowest BCUT2D eigenvalue weighted by molar-refractivity contribution is -0.123. The molecule has 27 heavy (non-hydrogen) atoms. The summed E-state index contributed by atoms with van der Waals surface area (Å²) in [5.41, 5.74) is 1.01. The molecule has 0 aromatic heterocycles. The van der Waals surface area contributed by atoms with E-state index in [4.69, 9.17) is 9.47 Å². The van der Waals surface area contributed by atoms with E-state index in [2.05, 4.69) is 10.6 Å². The minimum atomic E-state index is -0.210. The number of carbonyl (C=O) groups is 3. The van der Waals surface area contributed by atoms with Gasteiger partial charge in [-0.3, -0.25) is 14.4 Å². The smallest absolute Gasteiger partial charge is 0.251 e. The summed E-state index contributed by atoms with van der Waals surface area (Å²) in [6.45, 7) is 8.59. The number of benzene rings is 1. The zero-order valence-corrected chi connectivity index (χ0v) is 16.4. The molecule has 0 aliphatic heterocycles. The van der Waals surface area contributed by atoms with Crippen LogP contribution in [0.2, 0.25) is 0 Å². The lowest BCUT2D eigenvalue weighted by Gasteiger charge is -2.17. The summed E-state index contributed by atoms with van der Waals surface area (Å²) < 4.78 is 10.8. The van der Waals surface area contributed by atoms with E-state index in [-0.39, 0.29) is 17.2 Å². The molecule has 0 aliphatic carbocycles. The quantitative estimate of drug-likeness (QED) is 0.427. The first-order valence-corrected chi connectivity index (χ1v) is 9.07. The third kappa shape index (κ3) is 11.1. The molecule has 7 nitrogen and oxygen atoms in total. The molecule has 0 unspecified atom stereocenters. The molecule has 7 heteroatoms. The van der Waals surface area contributed by atoms with E-state index < -0.39 is 0 Å². The standard InChI is InChI=1S/C20H30N2O5/c1-20(2,3)14-18(24)21-8-10-26-12-13-27-11-9-22-19(25)17-6-4-16(15-23)5-7-17/h4-7,15H,8-14H2,1-3H3,(H,21,24)(H,22,25). The van der Waals surface area contributed by atoms with Crippen molar-refractivity contribution in [1.29, 1.82) is 0 Å². The summed E-state index contributed by atoms with van der Waals surface area (Å²) in [5.74, 6) is -0.183. The maximum absolute atomic E-state index is 11.9. The second-order valence-corrected chi connectivity index (χ2v) is 7.31. The van der Waals surface area contributed by atoms with Crippen molar-refractivity contribution in [3.05, 3.63) is 35.4 Å². The van der Waals surface area contributed by atoms with Crippen LogP contribution in [0.25, 0.3) is 0 Å². The Labute approximate surface area is 160 Å². The normalized spacial score (nSPS) is 11.1. The van der Waals surface area contributed by atoms with Crippen LogP contribution in [0.4, 0.5) is 0 Å². The Balaban J connectivity index is 1.97. The van der Waals surface area contributed by atoms with Crippen LogP contribution in [0.3, 0.4) is 0 Å². The summed E-state index contributed by atoms with van der Waals surface area (Å²) in [6.07, 6.45) is 1.22. The molecule has 0 atom stereocenters. The molecule has 150 valence electrons. The molecule has 0 fully saturated rings. The van der Waals surface area contributed by atoms with Crippen LogP contribution < -0.4 is 10.6 Å². The van der Waals surface area contributed by atoms with E-state index in [1.165, 1.54) is 0 Å². The van der Waals surface area contributed by atoms with Gasteiger partial charge in [0, 0.05) is 30.6 Å². The molecule has 1 aromatic carbocycles. The van der Waals surface area contributed by atoms with Crippen molar-refractivity contribution < 1.29 is 23.9 Å². The molecular weight excluding hydrogens is 348 g/mol. The topological polar surface area (TPSA) is 93.7 Å². The number of rotatable bonds is 12. The zero-order chi connectivity index (χ0) is 20.1. The average Bonchev–Trinajstić information content (AvgIpc) is 2.61. The fourth-order valence-corrected chi connectivity index (χ4v) is 2.18. The predicted octanol–water partition coefficient (Wildman–Crippen LogP) is 1.81. The molecule has 0 saturated heterocycles. The van der Waals surface area contributed by atoms with Gasteiger partial charge in [0.2, 0.25) is 5.91 Å². The van der Waals surface area contributed by atoms with E-state index in [1.54, 1.807) is 24.3 Å². The van der Waals surface area contributed by atoms with Crippen LogP contribution in [0.5, 0.6) is 0 Å². The summed E-state index contributed by atoms with van der Waals surface area (Å²) in [7, 11) is 0. The Kier molecular flexibility index (Phi) is 10.3. The maximum atomic E-state index is 11.9. The fourth-order valence-electron chi connectivity index (χ4n) is 2.18. The van der Waals surface area contributed by atoms with Gasteiger partial charge < -0.3 is 20.1 Å². The number of hydrogen-bond donors (Lipinski definition) is 2. The Morgan fingerprint density at radius 2 is 1.48 bits per heavy atom. The Morgan fingerprint density at radius 1 is 0.926 bits per heavy atom. The fraction of sp³-hybridized carbons (Fsp3) is 0.550. The lowest BCUT2D eigenvalue weighted by Crippen LogP contribution is -2.30. The van der Waals surface area contributed by atoms with E-state index in [1.807, 2.05) is 20.8 Å².